The quantitative estimate of drug-likeness (QED) is 0.729. The van der Waals surface area contributed by atoms with Crippen molar-refractivity contribution in [3.05, 3.63) is 69.0 Å². The van der Waals surface area contributed by atoms with Crippen molar-refractivity contribution in [1.82, 2.24) is 0 Å². The van der Waals surface area contributed by atoms with E-state index in [-0.39, 0.29) is 11.1 Å². The standard InChI is InChI=1S/C18H14ClNO4/c1-10-3-4-11(19)7-15(10)20-18(22)14-9-17(21)24-16-8-12(23-2)5-6-13(14)16/h3-9H,1-2H3,(H,20,22). The molecule has 1 heterocycles. The number of anilines is 1. The van der Waals surface area contributed by atoms with Gasteiger partial charge >= 0.3 is 5.63 Å². The first-order valence-corrected chi connectivity index (χ1v) is 7.55. The summed E-state index contributed by atoms with van der Waals surface area (Å²) in [6.45, 7) is 1.86. The first kappa shape index (κ1) is 16.1. The van der Waals surface area contributed by atoms with Crippen molar-refractivity contribution < 1.29 is 13.9 Å². The van der Waals surface area contributed by atoms with E-state index in [0.29, 0.717) is 21.8 Å². The summed E-state index contributed by atoms with van der Waals surface area (Å²) in [5, 5.41) is 3.81. The van der Waals surface area contributed by atoms with Crippen molar-refractivity contribution in [2.75, 3.05) is 12.4 Å². The Kier molecular flexibility index (Phi) is 4.27. The first-order valence-electron chi connectivity index (χ1n) is 7.17. The Morgan fingerprint density at radius 3 is 2.71 bits per heavy atom. The van der Waals surface area contributed by atoms with E-state index in [1.807, 2.05) is 6.92 Å². The third-order valence-corrected chi connectivity index (χ3v) is 3.88. The van der Waals surface area contributed by atoms with Crippen molar-refractivity contribution >= 4 is 34.2 Å². The van der Waals surface area contributed by atoms with Crippen LogP contribution in [0.15, 0.2) is 51.7 Å². The average Bonchev–Trinajstić information content (AvgIpc) is 2.56. The highest BCUT2D eigenvalue weighted by molar-refractivity contribution is 6.31. The molecule has 1 N–H and O–H groups in total. The first-order chi connectivity index (χ1) is 11.5. The second-order valence-corrected chi connectivity index (χ2v) is 5.69. The van der Waals surface area contributed by atoms with Gasteiger partial charge in [0.15, 0.2) is 0 Å². The summed E-state index contributed by atoms with van der Waals surface area (Å²) in [6.07, 6.45) is 0. The van der Waals surface area contributed by atoms with Gasteiger partial charge in [0.05, 0.1) is 12.7 Å². The topological polar surface area (TPSA) is 68.5 Å². The number of carbonyl (C=O) groups is 1. The van der Waals surface area contributed by atoms with Gasteiger partial charge < -0.3 is 14.5 Å². The van der Waals surface area contributed by atoms with Gasteiger partial charge in [-0.25, -0.2) is 4.79 Å². The van der Waals surface area contributed by atoms with Crippen LogP contribution in [0.5, 0.6) is 5.75 Å². The minimum Gasteiger partial charge on any atom is -0.497 e. The molecular formula is C18H14ClNO4. The van der Waals surface area contributed by atoms with Crippen molar-refractivity contribution in [2.24, 2.45) is 0 Å². The third-order valence-electron chi connectivity index (χ3n) is 3.64. The lowest BCUT2D eigenvalue weighted by atomic mass is 10.1. The summed E-state index contributed by atoms with van der Waals surface area (Å²) in [7, 11) is 1.51. The van der Waals surface area contributed by atoms with Gasteiger partial charge in [0.25, 0.3) is 5.91 Å². The number of ether oxygens (including phenoxy) is 1. The lowest BCUT2D eigenvalue weighted by Gasteiger charge is -2.10. The highest BCUT2D eigenvalue weighted by Crippen LogP contribution is 2.25. The Morgan fingerprint density at radius 1 is 1.17 bits per heavy atom. The molecule has 0 unspecified atom stereocenters. The molecule has 0 spiro atoms. The minimum absolute atomic E-state index is 0.225. The second kappa shape index (κ2) is 6.37. The van der Waals surface area contributed by atoms with E-state index in [0.717, 1.165) is 5.56 Å². The van der Waals surface area contributed by atoms with Crippen LogP contribution in [-0.2, 0) is 0 Å². The number of methoxy groups -OCH3 is 1. The van der Waals surface area contributed by atoms with E-state index in [1.165, 1.54) is 13.2 Å². The van der Waals surface area contributed by atoms with E-state index in [1.54, 1.807) is 36.4 Å². The Hall–Kier alpha value is -2.79. The van der Waals surface area contributed by atoms with Crippen LogP contribution in [0.2, 0.25) is 5.02 Å². The zero-order chi connectivity index (χ0) is 17.3. The predicted molar refractivity (Wildman–Crippen MR) is 93.2 cm³/mol. The molecule has 2 aromatic carbocycles. The molecule has 0 fully saturated rings. The number of amides is 1. The lowest BCUT2D eigenvalue weighted by Crippen LogP contribution is -2.15. The van der Waals surface area contributed by atoms with Crippen LogP contribution < -0.4 is 15.7 Å². The number of aryl methyl sites for hydroxylation is 1. The molecule has 122 valence electrons. The molecule has 0 bridgehead atoms. The minimum atomic E-state index is -0.608. The van der Waals surface area contributed by atoms with Crippen molar-refractivity contribution in [2.45, 2.75) is 6.92 Å². The second-order valence-electron chi connectivity index (χ2n) is 5.25. The van der Waals surface area contributed by atoms with E-state index in [9.17, 15) is 9.59 Å². The molecule has 0 aliphatic heterocycles. The average molecular weight is 344 g/mol. The van der Waals surface area contributed by atoms with E-state index < -0.39 is 11.5 Å². The molecule has 24 heavy (non-hydrogen) atoms. The van der Waals surface area contributed by atoms with Crippen molar-refractivity contribution in [1.29, 1.82) is 0 Å². The maximum Gasteiger partial charge on any atom is 0.337 e. The summed E-state index contributed by atoms with van der Waals surface area (Å²) in [6, 6.07) is 11.3. The molecule has 5 nitrogen and oxygen atoms in total. The van der Waals surface area contributed by atoms with Crippen LogP contribution in [0.4, 0.5) is 5.69 Å². The monoisotopic (exact) mass is 343 g/mol. The smallest absolute Gasteiger partial charge is 0.337 e. The van der Waals surface area contributed by atoms with Crippen molar-refractivity contribution in [3.63, 3.8) is 0 Å². The summed E-state index contributed by atoms with van der Waals surface area (Å²) >= 11 is 5.97. The Bertz CT molecular complexity index is 994. The molecule has 1 aromatic heterocycles. The van der Waals surface area contributed by atoms with Gasteiger partial charge in [-0.3, -0.25) is 4.79 Å². The molecule has 0 atom stereocenters. The van der Waals surface area contributed by atoms with Crippen LogP contribution >= 0.6 is 11.6 Å². The molecule has 0 radical (unpaired) electrons. The summed E-state index contributed by atoms with van der Waals surface area (Å²) in [4.78, 5) is 24.4. The van der Waals surface area contributed by atoms with Gasteiger partial charge in [-0.1, -0.05) is 17.7 Å². The van der Waals surface area contributed by atoms with Crippen LogP contribution in [-0.4, -0.2) is 13.0 Å². The number of hydrogen-bond donors (Lipinski definition) is 1. The van der Waals surface area contributed by atoms with Crippen LogP contribution in [0.25, 0.3) is 11.0 Å². The number of nitrogens with one attached hydrogen (secondary N) is 1. The molecule has 6 heteroatoms. The van der Waals surface area contributed by atoms with Crippen LogP contribution in [0.1, 0.15) is 15.9 Å². The Balaban J connectivity index is 2.06. The molecule has 1 amide bonds. The number of carbonyl (C=O) groups excluding carboxylic acids is 1. The van der Waals surface area contributed by atoms with Gasteiger partial charge in [0.2, 0.25) is 0 Å². The molecule has 3 aromatic rings. The van der Waals surface area contributed by atoms with E-state index in [2.05, 4.69) is 5.32 Å². The third kappa shape index (κ3) is 3.12. The normalized spacial score (nSPS) is 10.6. The molecule has 0 saturated carbocycles. The van der Waals surface area contributed by atoms with Gasteiger partial charge in [-0.05, 0) is 36.8 Å². The van der Waals surface area contributed by atoms with Crippen LogP contribution in [0.3, 0.4) is 0 Å². The summed E-state index contributed by atoms with van der Waals surface area (Å²) in [5.41, 5.74) is 1.35. The number of halogens is 1. The maximum absolute atomic E-state index is 12.6. The maximum atomic E-state index is 12.6. The summed E-state index contributed by atoms with van der Waals surface area (Å²) < 4.78 is 10.3. The fraction of sp³-hybridized carbons (Fsp3) is 0.111. The number of rotatable bonds is 3. The molecule has 0 saturated heterocycles. The van der Waals surface area contributed by atoms with Crippen LogP contribution in [0, 0.1) is 6.92 Å². The molecular weight excluding hydrogens is 330 g/mol. The Labute approximate surface area is 142 Å². The Morgan fingerprint density at radius 2 is 1.96 bits per heavy atom. The zero-order valence-corrected chi connectivity index (χ0v) is 13.8. The van der Waals surface area contributed by atoms with Gasteiger partial charge in [-0.15, -0.1) is 0 Å². The van der Waals surface area contributed by atoms with E-state index >= 15 is 0 Å². The molecule has 3 rings (SSSR count). The molecule has 0 aliphatic rings. The van der Waals surface area contributed by atoms with E-state index in [4.69, 9.17) is 20.8 Å². The summed E-state index contributed by atoms with van der Waals surface area (Å²) in [5.74, 6) is 0.123. The predicted octanol–water partition coefficient (Wildman–Crippen LogP) is 4.02. The van der Waals surface area contributed by atoms with Gasteiger partial charge in [0.1, 0.15) is 11.3 Å². The number of hydrogen-bond acceptors (Lipinski definition) is 4. The fourth-order valence-corrected chi connectivity index (χ4v) is 2.55. The lowest BCUT2D eigenvalue weighted by molar-refractivity contribution is 0.102. The highest BCUT2D eigenvalue weighted by Gasteiger charge is 2.15. The number of benzene rings is 2. The van der Waals surface area contributed by atoms with Gasteiger partial charge in [0, 0.05) is 28.2 Å². The number of fused-ring (bicyclic) bond motifs is 1. The molecule has 0 aliphatic carbocycles. The SMILES string of the molecule is COc1ccc2c(C(=O)Nc3cc(Cl)ccc3C)cc(=O)oc2c1. The fourth-order valence-electron chi connectivity index (χ4n) is 2.38. The van der Waals surface area contributed by atoms with Crippen molar-refractivity contribution in [3.8, 4) is 5.75 Å². The van der Waals surface area contributed by atoms with Gasteiger partial charge in [-0.2, -0.15) is 0 Å². The highest BCUT2D eigenvalue weighted by atomic mass is 35.5. The zero-order valence-electron chi connectivity index (χ0n) is 13.1. The largest absolute Gasteiger partial charge is 0.497 e.